The summed E-state index contributed by atoms with van der Waals surface area (Å²) in [4.78, 5) is 0. The molecule has 0 amide bonds. The fraction of sp³-hybridized carbons (Fsp3) is 1.00. The van der Waals surface area contributed by atoms with Gasteiger partial charge in [-0.25, -0.2) is 0 Å². The van der Waals surface area contributed by atoms with Gasteiger partial charge in [-0.3, -0.25) is 0 Å². The Balaban J connectivity index is 0. The number of hydrogen-bond donors (Lipinski definition) is 2. The van der Waals surface area contributed by atoms with Gasteiger partial charge in [0.05, 0.1) is 0 Å². The van der Waals surface area contributed by atoms with Crippen LogP contribution >= 0.6 is 0 Å². The van der Waals surface area contributed by atoms with Crippen molar-refractivity contribution in [1.29, 1.82) is 5.53 Å². The molecule has 0 unspecified atom stereocenters. The number of rotatable bonds is 2. The Morgan fingerprint density at radius 2 is 1.56 bits per heavy atom. The second-order valence-corrected chi connectivity index (χ2v) is 1.21. The molecule has 5 nitrogen and oxygen atoms in total. The molecule has 56 valence electrons. The van der Waals surface area contributed by atoms with Crippen molar-refractivity contribution in [2.45, 2.75) is 13.8 Å². The van der Waals surface area contributed by atoms with Gasteiger partial charge in [0.25, 0.3) is 0 Å². The zero-order chi connectivity index (χ0) is 7.70. The van der Waals surface area contributed by atoms with Crippen LogP contribution in [0.3, 0.4) is 0 Å². The van der Waals surface area contributed by atoms with Gasteiger partial charge in [-0.05, 0) is 18.6 Å². The molecule has 0 saturated heterocycles. The summed E-state index contributed by atoms with van der Waals surface area (Å²) in [6, 6.07) is 0. The van der Waals surface area contributed by atoms with E-state index in [1.165, 1.54) is 0 Å². The van der Waals surface area contributed by atoms with Crippen LogP contribution in [0, 0.1) is 15.9 Å². The third-order valence-electron chi connectivity index (χ3n) is 0.500. The van der Waals surface area contributed by atoms with Gasteiger partial charge in [0.15, 0.2) is 0 Å². The quantitative estimate of drug-likeness (QED) is 0.429. The highest BCUT2D eigenvalue weighted by atomic mass is 16.8. The van der Waals surface area contributed by atoms with Gasteiger partial charge in [-0.2, -0.15) is 0 Å². The Labute approximate surface area is 54.3 Å². The van der Waals surface area contributed by atoms with E-state index in [9.17, 15) is 0 Å². The van der Waals surface area contributed by atoms with Crippen molar-refractivity contribution in [3.63, 3.8) is 0 Å². The molecule has 0 aliphatic rings. The lowest BCUT2D eigenvalue weighted by molar-refractivity contribution is -0.482. The van der Waals surface area contributed by atoms with Crippen molar-refractivity contribution in [3.8, 4) is 0 Å². The van der Waals surface area contributed by atoms with Gasteiger partial charge in [-0.15, -0.1) is 0 Å². The monoisotopic (exact) mass is 134 g/mol. The molecule has 0 bridgehead atoms. The van der Waals surface area contributed by atoms with Crippen molar-refractivity contribution >= 4 is 0 Å². The predicted molar refractivity (Wildman–Crippen MR) is 33.9 cm³/mol. The van der Waals surface area contributed by atoms with E-state index < -0.39 is 5.02 Å². The number of hydrogen-bond acceptors (Lipinski definition) is 4. The molecule has 0 aliphatic heterocycles. The average molecular weight is 134 g/mol. The molecule has 9 heavy (non-hydrogen) atoms. The molecule has 5 heteroatoms. The Hall–Kier alpha value is -0.840. The molecule has 0 aromatic heterocycles. The summed E-state index contributed by atoms with van der Waals surface area (Å²) in [6.07, 6.45) is 0. The highest BCUT2D eigenvalue weighted by Gasteiger charge is 1.62. The average Bonchev–Trinajstić information content (AvgIpc) is 1.66. The lowest BCUT2D eigenvalue weighted by Crippen LogP contribution is -2.09. The van der Waals surface area contributed by atoms with Crippen molar-refractivity contribution < 1.29 is 5.02 Å². The Morgan fingerprint density at radius 3 is 1.56 bits per heavy atom. The highest BCUT2D eigenvalue weighted by molar-refractivity contribution is 4.27. The topological polar surface area (TPSA) is 85.0 Å². The SMILES string of the molecule is CCNCC.N=[N+]([O-])[O-]. The molecule has 0 aliphatic carbocycles. The molecule has 0 rings (SSSR count). The summed E-state index contributed by atoms with van der Waals surface area (Å²) in [6.45, 7) is 6.39. The number of nitrogens with one attached hydrogen (secondary N) is 2. The Kier molecular flexibility index (Phi) is 12.5. The minimum Gasteiger partial charge on any atom is -0.588 e. The predicted octanol–water partition coefficient (Wildman–Crippen LogP) is 0.641. The van der Waals surface area contributed by atoms with E-state index in [4.69, 9.17) is 15.9 Å². The normalized spacial score (nSPS) is 7.33. The fourth-order valence-electron chi connectivity index (χ4n) is 0.250. The first-order valence-electron chi connectivity index (χ1n) is 2.71. The van der Waals surface area contributed by atoms with Gasteiger partial charge >= 0.3 is 0 Å². The van der Waals surface area contributed by atoms with Crippen LogP contribution < -0.4 is 5.32 Å². The summed E-state index contributed by atoms with van der Waals surface area (Å²) in [7, 11) is 0. The molecule has 0 radical (unpaired) electrons. The second-order valence-electron chi connectivity index (χ2n) is 1.21. The van der Waals surface area contributed by atoms with Gasteiger partial charge in [0.1, 0.15) is 0 Å². The fourth-order valence-corrected chi connectivity index (χ4v) is 0.250. The van der Waals surface area contributed by atoms with Crippen molar-refractivity contribution in [3.05, 3.63) is 10.4 Å². The molecule has 0 atom stereocenters. The van der Waals surface area contributed by atoms with Gasteiger partial charge in [0, 0.05) is 0 Å². The van der Waals surface area contributed by atoms with E-state index in [-0.39, 0.29) is 0 Å². The maximum Gasteiger partial charge on any atom is -0.00775 e. The molecule has 0 heterocycles. The van der Waals surface area contributed by atoms with Crippen LogP contribution in [0.25, 0.3) is 0 Å². The second kappa shape index (κ2) is 10.2. The Morgan fingerprint density at radius 1 is 1.33 bits per heavy atom. The Bertz CT molecular complexity index is 60.8. The molecule has 0 spiro atoms. The summed E-state index contributed by atoms with van der Waals surface area (Å²) >= 11 is 0. The maximum atomic E-state index is 8.47. The first-order chi connectivity index (χ1) is 4.15. The minimum absolute atomic E-state index is 1.09. The summed E-state index contributed by atoms with van der Waals surface area (Å²) in [5.74, 6) is 0. The number of nitrogens with zero attached hydrogens (tertiary/aromatic N) is 1. The van der Waals surface area contributed by atoms with Gasteiger partial charge in [-0.1, -0.05) is 18.9 Å². The molecule has 2 N–H and O–H groups in total. The van der Waals surface area contributed by atoms with Gasteiger partial charge < -0.3 is 15.7 Å². The molecule has 0 fully saturated rings. The summed E-state index contributed by atoms with van der Waals surface area (Å²) < 4.78 is 0. The van der Waals surface area contributed by atoms with Crippen LogP contribution in [-0.4, -0.2) is 18.1 Å². The third kappa shape index (κ3) is 142. The van der Waals surface area contributed by atoms with Crippen LogP contribution in [0.4, 0.5) is 0 Å². The van der Waals surface area contributed by atoms with E-state index in [1.54, 1.807) is 0 Å². The summed E-state index contributed by atoms with van der Waals surface area (Å²) in [5.41, 5.74) is 5.31. The molecule has 0 aromatic rings. The molecular formula is C4H12N3O2-. The first-order valence-corrected chi connectivity index (χ1v) is 2.71. The van der Waals surface area contributed by atoms with E-state index in [2.05, 4.69) is 19.2 Å². The van der Waals surface area contributed by atoms with Crippen LogP contribution in [0.15, 0.2) is 0 Å². The molecular weight excluding hydrogens is 122 g/mol. The zero-order valence-electron chi connectivity index (χ0n) is 5.68. The lowest BCUT2D eigenvalue weighted by atomic mass is 10.7. The third-order valence-corrected chi connectivity index (χ3v) is 0.500. The largest absolute Gasteiger partial charge is 0.588 e. The van der Waals surface area contributed by atoms with E-state index >= 15 is 0 Å². The summed E-state index contributed by atoms with van der Waals surface area (Å²) in [5, 5.41) is 18.8. The van der Waals surface area contributed by atoms with Crippen LogP contribution in [0.2, 0.25) is 0 Å². The van der Waals surface area contributed by atoms with Crippen molar-refractivity contribution in [1.82, 2.24) is 5.32 Å². The van der Waals surface area contributed by atoms with Crippen molar-refractivity contribution in [2.75, 3.05) is 13.1 Å². The van der Waals surface area contributed by atoms with E-state index in [0.717, 1.165) is 13.1 Å². The standard InChI is InChI=1S/C4H11N.HN2O2/c1-3-5-4-2;1-2(3)4/h5H,3-4H2,1-2H3;(H-,1,3,4)/q;-1. The molecule has 0 aromatic carbocycles. The minimum atomic E-state index is -1.25. The zero-order valence-corrected chi connectivity index (χ0v) is 5.68. The van der Waals surface area contributed by atoms with Gasteiger partial charge in [0.2, 0.25) is 0 Å². The highest BCUT2D eigenvalue weighted by Crippen LogP contribution is 1.47. The smallest absolute Gasteiger partial charge is 0.00775 e. The maximum absolute atomic E-state index is 8.47. The van der Waals surface area contributed by atoms with Crippen LogP contribution in [-0.2, 0) is 0 Å². The van der Waals surface area contributed by atoms with Crippen LogP contribution in [0.1, 0.15) is 13.8 Å². The van der Waals surface area contributed by atoms with Crippen molar-refractivity contribution in [2.24, 2.45) is 0 Å². The first kappa shape index (κ1) is 11.0. The lowest BCUT2D eigenvalue weighted by Gasteiger charge is -1.88. The van der Waals surface area contributed by atoms with E-state index in [1.807, 2.05) is 0 Å². The molecule has 0 saturated carbocycles. The van der Waals surface area contributed by atoms with E-state index in [0.29, 0.717) is 0 Å². The van der Waals surface area contributed by atoms with Crippen LogP contribution in [0.5, 0.6) is 0 Å².